The first kappa shape index (κ1) is 26.0. The molecule has 0 radical (unpaired) electrons. The third-order valence-electron chi connectivity index (χ3n) is 9.37. The summed E-state index contributed by atoms with van der Waals surface area (Å²) in [5, 5.41) is 0. The Hall–Kier alpha value is -2.08. The fourth-order valence-electron chi connectivity index (χ4n) is 6.80. The Morgan fingerprint density at radius 1 is 1.09 bits per heavy atom. The lowest BCUT2D eigenvalue weighted by Crippen LogP contribution is -2.46. The molecule has 3 aliphatic carbocycles. The van der Waals surface area contributed by atoms with Crippen LogP contribution < -0.4 is 4.74 Å². The molecule has 3 unspecified atom stereocenters. The van der Waals surface area contributed by atoms with Gasteiger partial charge in [0.05, 0.1) is 19.1 Å². The van der Waals surface area contributed by atoms with Crippen molar-refractivity contribution in [3.8, 4) is 5.75 Å². The third kappa shape index (κ3) is 4.71. The van der Waals surface area contributed by atoms with Gasteiger partial charge in [0.2, 0.25) is 0 Å². The molecule has 3 aliphatic rings. The molecule has 0 amide bonds. The Labute approximate surface area is 210 Å². The van der Waals surface area contributed by atoms with E-state index in [1.165, 1.54) is 18.2 Å². The van der Waals surface area contributed by atoms with Crippen LogP contribution in [0.5, 0.6) is 5.75 Å². The Kier molecular flexibility index (Phi) is 7.51. The van der Waals surface area contributed by atoms with Crippen molar-refractivity contribution in [2.45, 2.75) is 84.7 Å². The average molecular weight is 487 g/mol. The van der Waals surface area contributed by atoms with Gasteiger partial charge in [-0.25, -0.2) is 4.79 Å². The molecule has 0 saturated heterocycles. The zero-order valence-corrected chi connectivity index (χ0v) is 22.3. The number of esters is 2. The molecule has 0 spiro atoms. The molecule has 0 heterocycles. The minimum Gasteiger partial charge on any atom is -0.490 e. The minimum atomic E-state index is -0.442. The highest BCUT2D eigenvalue weighted by molar-refractivity contribution is 5.93. The van der Waals surface area contributed by atoms with Gasteiger partial charge in [-0.15, -0.1) is 0 Å². The Morgan fingerprint density at radius 3 is 2.54 bits per heavy atom. The standard InChI is InChI=1S/C29H42O6/c1-7-28(2,3)27(31)35-25-11-10-23-20-9-8-18-16-24(34-15-14-32-5)22(26(30)33-6)17-21(18)19(20)12-13-29(23,25)4/h16-17,19-20,23,25H,7-15H2,1-6H3/t19?,20?,23?,25-,29-/m0/s1. The fourth-order valence-corrected chi connectivity index (χ4v) is 6.80. The van der Waals surface area contributed by atoms with Crippen LogP contribution in [0.4, 0.5) is 0 Å². The highest BCUT2D eigenvalue weighted by atomic mass is 16.5. The van der Waals surface area contributed by atoms with Gasteiger partial charge in [0.25, 0.3) is 0 Å². The summed E-state index contributed by atoms with van der Waals surface area (Å²) in [6, 6.07) is 4.08. The summed E-state index contributed by atoms with van der Waals surface area (Å²) in [4.78, 5) is 25.5. The number of carbonyl (C=O) groups excluding carboxylic acids is 2. The van der Waals surface area contributed by atoms with E-state index in [-0.39, 0.29) is 23.5 Å². The summed E-state index contributed by atoms with van der Waals surface area (Å²) in [6.45, 7) is 9.20. The number of ether oxygens (including phenoxy) is 4. The van der Waals surface area contributed by atoms with Crippen molar-refractivity contribution in [2.75, 3.05) is 27.4 Å². The van der Waals surface area contributed by atoms with Crippen LogP contribution in [0, 0.1) is 22.7 Å². The maximum absolute atomic E-state index is 12.9. The van der Waals surface area contributed by atoms with E-state index in [4.69, 9.17) is 18.9 Å². The van der Waals surface area contributed by atoms with E-state index < -0.39 is 5.41 Å². The van der Waals surface area contributed by atoms with Crippen molar-refractivity contribution in [1.82, 2.24) is 0 Å². The van der Waals surface area contributed by atoms with Crippen molar-refractivity contribution in [3.63, 3.8) is 0 Å². The Morgan fingerprint density at radius 2 is 1.86 bits per heavy atom. The molecule has 5 atom stereocenters. The maximum atomic E-state index is 12.9. The molecule has 1 aromatic rings. The predicted octanol–water partition coefficient (Wildman–Crippen LogP) is 5.70. The largest absolute Gasteiger partial charge is 0.490 e. The van der Waals surface area contributed by atoms with Crippen LogP contribution in [0.15, 0.2) is 12.1 Å². The molecule has 6 heteroatoms. The van der Waals surface area contributed by atoms with Gasteiger partial charge in [0.15, 0.2) is 0 Å². The molecule has 2 fully saturated rings. The second kappa shape index (κ2) is 10.1. The SMILES string of the molecule is CCC(C)(C)C(=O)O[C@H]1CCC2C3CCc4cc(OCCOC)c(C(=O)OC)cc4C3CC[C@@]21C. The highest BCUT2D eigenvalue weighted by Gasteiger charge is 2.56. The molecule has 4 rings (SSSR count). The number of hydrogen-bond donors (Lipinski definition) is 0. The molecule has 194 valence electrons. The van der Waals surface area contributed by atoms with Gasteiger partial charge in [-0.1, -0.05) is 13.8 Å². The molecule has 2 saturated carbocycles. The van der Waals surface area contributed by atoms with Gasteiger partial charge in [0, 0.05) is 12.5 Å². The van der Waals surface area contributed by atoms with Crippen molar-refractivity contribution in [1.29, 1.82) is 0 Å². The molecular weight excluding hydrogens is 444 g/mol. The average Bonchev–Trinajstić information content (AvgIpc) is 3.19. The normalized spacial score (nSPS) is 29.5. The quantitative estimate of drug-likeness (QED) is 0.347. The predicted molar refractivity (Wildman–Crippen MR) is 134 cm³/mol. The summed E-state index contributed by atoms with van der Waals surface area (Å²) in [5.74, 6) is 1.63. The van der Waals surface area contributed by atoms with E-state index in [0.29, 0.717) is 42.3 Å². The highest BCUT2D eigenvalue weighted by Crippen LogP contribution is 2.62. The van der Waals surface area contributed by atoms with Gasteiger partial charge in [0.1, 0.15) is 24.0 Å². The van der Waals surface area contributed by atoms with E-state index in [1.807, 2.05) is 32.9 Å². The molecule has 35 heavy (non-hydrogen) atoms. The number of rotatable bonds is 8. The Balaban J connectivity index is 1.58. The van der Waals surface area contributed by atoms with Crippen LogP contribution in [0.3, 0.4) is 0 Å². The first-order chi connectivity index (χ1) is 16.7. The van der Waals surface area contributed by atoms with Crippen molar-refractivity contribution < 1.29 is 28.5 Å². The van der Waals surface area contributed by atoms with Crippen LogP contribution in [-0.2, 0) is 25.4 Å². The number of carbonyl (C=O) groups is 2. The van der Waals surface area contributed by atoms with E-state index in [0.717, 1.165) is 44.9 Å². The van der Waals surface area contributed by atoms with E-state index in [9.17, 15) is 9.59 Å². The fraction of sp³-hybridized carbons (Fsp3) is 0.724. The number of fused-ring (bicyclic) bond motifs is 5. The summed E-state index contributed by atoms with van der Waals surface area (Å²) in [6.07, 6.45) is 6.98. The van der Waals surface area contributed by atoms with E-state index >= 15 is 0 Å². The van der Waals surface area contributed by atoms with Crippen LogP contribution in [0.25, 0.3) is 0 Å². The van der Waals surface area contributed by atoms with Crippen molar-refractivity contribution >= 4 is 11.9 Å². The summed E-state index contributed by atoms with van der Waals surface area (Å²) < 4.78 is 22.3. The molecule has 0 N–H and O–H groups in total. The maximum Gasteiger partial charge on any atom is 0.341 e. The number of benzene rings is 1. The van der Waals surface area contributed by atoms with Crippen LogP contribution >= 0.6 is 0 Å². The molecule has 0 aliphatic heterocycles. The van der Waals surface area contributed by atoms with Crippen molar-refractivity contribution in [2.24, 2.45) is 22.7 Å². The lowest BCUT2D eigenvalue weighted by Gasteiger charge is -2.50. The molecule has 6 nitrogen and oxygen atoms in total. The first-order valence-electron chi connectivity index (χ1n) is 13.2. The molecule has 0 aromatic heterocycles. The molecule has 1 aromatic carbocycles. The van der Waals surface area contributed by atoms with Crippen molar-refractivity contribution in [3.05, 3.63) is 28.8 Å². The second-order valence-corrected chi connectivity index (χ2v) is 11.5. The molecular formula is C29H42O6. The number of methoxy groups -OCH3 is 2. The lowest BCUT2D eigenvalue weighted by molar-refractivity contribution is -0.168. The van der Waals surface area contributed by atoms with E-state index in [2.05, 4.69) is 6.92 Å². The second-order valence-electron chi connectivity index (χ2n) is 11.5. The van der Waals surface area contributed by atoms with Gasteiger partial charge in [-0.3, -0.25) is 4.79 Å². The summed E-state index contributed by atoms with van der Waals surface area (Å²) in [5.41, 5.74) is 2.63. The number of aryl methyl sites for hydroxylation is 1. The monoisotopic (exact) mass is 486 g/mol. The van der Waals surface area contributed by atoms with Crippen LogP contribution in [0.1, 0.15) is 93.6 Å². The summed E-state index contributed by atoms with van der Waals surface area (Å²) in [7, 11) is 3.04. The summed E-state index contributed by atoms with van der Waals surface area (Å²) >= 11 is 0. The van der Waals surface area contributed by atoms with Gasteiger partial charge in [-0.2, -0.15) is 0 Å². The first-order valence-corrected chi connectivity index (χ1v) is 13.2. The Bertz CT molecular complexity index is 953. The number of hydrogen-bond acceptors (Lipinski definition) is 6. The smallest absolute Gasteiger partial charge is 0.341 e. The van der Waals surface area contributed by atoms with Gasteiger partial charge < -0.3 is 18.9 Å². The van der Waals surface area contributed by atoms with E-state index in [1.54, 1.807) is 7.11 Å². The zero-order valence-electron chi connectivity index (χ0n) is 22.3. The lowest BCUT2D eigenvalue weighted by atomic mass is 9.55. The van der Waals surface area contributed by atoms with Gasteiger partial charge in [-0.05, 0) is 99.8 Å². The minimum absolute atomic E-state index is 0.00429. The van der Waals surface area contributed by atoms with Crippen LogP contribution in [0.2, 0.25) is 0 Å². The zero-order chi connectivity index (χ0) is 25.4. The third-order valence-corrected chi connectivity index (χ3v) is 9.37. The topological polar surface area (TPSA) is 71.1 Å². The van der Waals surface area contributed by atoms with Gasteiger partial charge >= 0.3 is 11.9 Å². The van der Waals surface area contributed by atoms with Crippen LogP contribution in [-0.4, -0.2) is 45.5 Å². The molecule has 0 bridgehead atoms.